The fraction of sp³-hybridized carbons (Fsp3) is 0.250. The van der Waals surface area contributed by atoms with Crippen molar-refractivity contribution in [1.82, 2.24) is 0 Å². The predicted molar refractivity (Wildman–Crippen MR) is 51.8 cm³/mol. The molecule has 0 aliphatic rings. The van der Waals surface area contributed by atoms with Crippen LogP contribution in [0.4, 0.5) is 5.69 Å². The SMILES string of the molecule is COC(Br)c1ccccc1[N+](=O)[O-]. The Bertz CT molecular complexity index is 316. The van der Waals surface area contributed by atoms with Gasteiger partial charge in [-0.2, -0.15) is 0 Å². The van der Waals surface area contributed by atoms with Gasteiger partial charge in [0.05, 0.1) is 10.5 Å². The van der Waals surface area contributed by atoms with Crippen molar-refractivity contribution in [2.75, 3.05) is 7.11 Å². The van der Waals surface area contributed by atoms with Gasteiger partial charge in [-0.25, -0.2) is 0 Å². The van der Waals surface area contributed by atoms with Gasteiger partial charge in [0.25, 0.3) is 5.69 Å². The number of nitro benzene ring substituents is 1. The van der Waals surface area contributed by atoms with E-state index in [-0.39, 0.29) is 5.69 Å². The lowest BCUT2D eigenvalue weighted by Gasteiger charge is -2.07. The van der Waals surface area contributed by atoms with Crippen molar-refractivity contribution in [3.05, 3.63) is 39.9 Å². The van der Waals surface area contributed by atoms with Gasteiger partial charge >= 0.3 is 0 Å². The highest BCUT2D eigenvalue weighted by Gasteiger charge is 2.18. The summed E-state index contributed by atoms with van der Waals surface area (Å²) >= 11 is 3.18. The number of ether oxygens (including phenoxy) is 1. The van der Waals surface area contributed by atoms with E-state index in [1.807, 2.05) is 0 Å². The average molecular weight is 246 g/mol. The second-order valence-corrected chi connectivity index (χ2v) is 3.20. The van der Waals surface area contributed by atoms with Gasteiger partial charge in [-0.3, -0.25) is 10.1 Å². The number of nitrogens with zero attached hydrogens (tertiary/aromatic N) is 1. The average Bonchev–Trinajstić information content (AvgIpc) is 2.16. The number of para-hydroxylation sites is 1. The molecule has 1 atom stereocenters. The number of alkyl halides is 1. The van der Waals surface area contributed by atoms with Crippen LogP contribution in [0, 0.1) is 10.1 Å². The first-order valence-corrected chi connectivity index (χ1v) is 4.48. The zero-order valence-corrected chi connectivity index (χ0v) is 8.52. The molecule has 5 heteroatoms. The van der Waals surface area contributed by atoms with E-state index in [1.165, 1.54) is 13.2 Å². The molecule has 0 bridgehead atoms. The Kier molecular flexibility index (Phi) is 3.39. The van der Waals surface area contributed by atoms with Gasteiger partial charge in [-0.05, 0) is 6.07 Å². The maximum Gasteiger partial charge on any atom is 0.276 e. The molecule has 0 aromatic heterocycles. The Labute approximate surface area is 83.8 Å². The highest BCUT2D eigenvalue weighted by atomic mass is 79.9. The lowest BCUT2D eigenvalue weighted by molar-refractivity contribution is -0.385. The van der Waals surface area contributed by atoms with Crippen LogP contribution in [0.5, 0.6) is 0 Å². The third kappa shape index (κ3) is 2.26. The normalized spacial score (nSPS) is 12.5. The molecule has 1 rings (SSSR count). The van der Waals surface area contributed by atoms with Crippen LogP contribution in [0.25, 0.3) is 0 Å². The second kappa shape index (κ2) is 4.34. The molecule has 1 unspecified atom stereocenters. The van der Waals surface area contributed by atoms with Crippen molar-refractivity contribution in [2.45, 2.75) is 5.01 Å². The predicted octanol–water partition coefficient (Wildman–Crippen LogP) is 2.63. The van der Waals surface area contributed by atoms with Crippen LogP contribution in [0.3, 0.4) is 0 Å². The number of hydrogen-bond donors (Lipinski definition) is 0. The molecule has 0 aliphatic carbocycles. The van der Waals surface area contributed by atoms with Crippen LogP contribution in [-0.2, 0) is 4.74 Å². The van der Waals surface area contributed by atoms with E-state index in [0.717, 1.165) is 0 Å². The molecular formula is C8H8BrNO3. The van der Waals surface area contributed by atoms with E-state index in [9.17, 15) is 10.1 Å². The number of rotatable bonds is 3. The Hall–Kier alpha value is -0.940. The van der Waals surface area contributed by atoms with Crippen LogP contribution < -0.4 is 0 Å². The van der Waals surface area contributed by atoms with Gasteiger partial charge in [0, 0.05) is 13.2 Å². The lowest BCUT2D eigenvalue weighted by atomic mass is 10.2. The minimum Gasteiger partial charge on any atom is -0.365 e. The quantitative estimate of drug-likeness (QED) is 0.468. The maximum absolute atomic E-state index is 10.6. The Balaban J connectivity index is 3.11. The van der Waals surface area contributed by atoms with Gasteiger partial charge in [0.1, 0.15) is 5.01 Å². The molecule has 0 saturated carbocycles. The topological polar surface area (TPSA) is 52.4 Å². The first-order chi connectivity index (χ1) is 6.16. The summed E-state index contributed by atoms with van der Waals surface area (Å²) in [4.78, 5) is 10.1. The van der Waals surface area contributed by atoms with Crippen LogP contribution in [-0.4, -0.2) is 12.0 Å². The molecular weight excluding hydrogens is 238 g/mol. The second-order valence-electron chi connectivity index (χ2n) is 2.37. The third-order valence-corrected chi connectivity index (χ3v) is 2.45. The van der Waals surface area contributed by atoms with Gasteiger partial charge in [0.2, 0.25) is 0 Å². The number of hydrogen-bond acceptors (Lipinski definition) is 3. The van der Waals surface area contributed by atoms with Crippen LogP contribution in [0.2, 0.25) is 0 Å². The molecule has 0 spiro atoms. The standard InChI is InChI=1S/C8H8BrNO3/c1-13-8(9)6-4-2-3-5-7(6)10(11)12/h2-5,8H,1H3. The van der Waals surface area contributed by atoms with Crippen molar-refractivity contribution in [3.63, 3.8) is 0 Å². The summed E-state index contributed by atoms with van der Waals surface area (Å²) < 4.78 is 4.94. The molecule has 70 valence electrons. The summed E-state index contributed by atoms with van der Waals surface area (Å²) in [5.74, 6) is 0. The summed E-state index contributed by atoms with van der Waals surface area (Å²) in [5, 5.41) is 10.1. The van der Waals surface area contributed by atoms with Gasteiger partial charge < -0.3 is 4.74 Å². The van der Waals surface area contributed by atoms with Crippen molar-refractivity contribution in [2.24, 2.45) is 0 Å². The van der Waals surface area contributed by atoms with E-state index in [0.29, 0.717) is 5.56 Å². The maximum atomic E-state index is 10.6. The van der Waals surface area contributed by atoms with Crippen molar-refractivity contribution in [3.8, 4) is 0 Å². The summed E-state index contributed by atoms with van der Waals surface area (Å²) in [6.07, 6.45) is 0. The molecule has 1 aromatic carbocycles. The number of nitro groups is 1. The molecule has 4 nitrogen and oxygen atoms in total. The summed E-state index contributed by atoms with van der Waals surface area (Å²) in [6, 6.07) is 6.45. The molecule has 0 radical (unpaired) electrons. The minimum absolute atomic E-state index is 0.0613. The Morgan fingerprint density at radius 3 is 2.69 bits per heavy atom. The van der Waals surface area contributed by atoms with Gasteiger partial charge in [0.15, 0.2) is 0 Å². The highest BCUT2D eigenvalue weighted by molar-refractivity contribution is 9.09. The van der Waals surface area contributed by atoms with E-state index in [4.69, 9.17) is 4.74 Å². The number of methoxy groups -OCH3 is 1. The lowest BCUT2D eigenvalue weighted by Crippen LogP contribution is -1.98. The number of halogens is 1. The Morgan fingerprint density at radius 2 is 2.15 bits per heavy atom. The third-order valence-electron chi connectivity index (χ3n) is 1.58. The zero-order chi connectivity index (χ0) is 9.84. The highest BCUT2D eigenvalue weighted by Crippen LogP contribution is 2.30. The molecule has 1 aromatic rings. The van der Waals surface area contributed by atoms with Crippen molar-refractivity contribution in [1.29, 1.82) is 0 Å². The first-order valence-electron chi connectivity index (χ1n) is 3.57. The van der Waals surface area contributed by atoms with Crippen molar-refractivity contribution >= 4 is 21.6 Å². The van der Waals surface area contributed by atoms with Crippen LogP contribution >= 0.6 is 15.9 Å². The summed E-state index contributed by atoms with van der Waals surface area (Å²) in [7, 11) is 1.48. The molecule has 0 fully saturated rings. The molecule has 0 saturated heterocycles. The largest absolute Gasteiger partial charge is 0.365 e. The van der Waals surface area contributed by atoms with Crippen molar-refractivity contribution < 1.29 is 9.66 Å². The smallest absolute Gasteiger partial charge is 0.276 e. The first kappa shape index (κ1) is 10.1. The fourth-order valence-corrected chi connectivity index (χ4v) is 1.36. The summed E-state index contributed by atoms with van der Waals surface area (Å²) in [6.45, 7) is 0. The van der Waals surface area contributed by atoms with E-state index >= 15 is 0 Å². The van der Waals surface area contributed by atoms with E-state index in [2.05, 4.69) is 15.9 Å². The molecule has 0 N–H and O–H groups in total. The summed E-state index contributed by atoms with van der Waals surface area (Å²) in [5.41, 5.74) is 0.584. The monoisotopic (exact) mass is 245 g/mol. The molecule has 0 heterocycles. The molecule has 13 heavy (non-hydrogen) atoms. The number of benzene rings is 1. The van der Waals surface area contributed by atoms with E-state index in [1.54, 1.807) is 18.2 Å². The zero-order valence-electron chi connectivity index (χ0n) is 6.94. The van der Waals surface area contributed by atoms with Crippen LogP contribution in [0.15, 0.2) is 24.3 Å². The van der Waals surface area contributed by atoms with Gasteiger partial charge in [-0.15, -0.1) is 0 Å². The minimum atomic E-state index is -0.436. The van der Waals surface area contributed by atoms with Crippen LogP contribution in [0.1, 0.15) is 10.6 Å². The molecule has 0 aliphatic heterocycles. The fourth-order valence-electron chi connectivity index (χ4n) is 0.973. The van der Waals surface area contributed by atoms with Gasteiger partial charge in [-0.1, -0.05) is 28.1 Å². The Morgan fingerprint density at radius 1 is 1.54 bits per heavy atom. The van der Waals surface area contributed by atoms with E-state index < -0.39 is 9.94 Å². The molecule has 0 amide bonds.